The van der Waals surface area contributed by atoms with Crippen LogP contribution in [-0.2, 0) is 6.42 Å². The summed E-state index contributed by atoms with van der Waals surface area (Å²) < 4.78 is 2.36. The number of imidazole rings is 1. The second-order valence-corrected chi connectivity index (χ2v) is 4.66. The second-order valence-electron chi connectivity index (χ2n) is 4.66. The fourth-order valence-corrected chi connectivity index (χ4v) is 2.68. The molecule has 0 amide bonds. The fourth-order valence-electron chi connectivity index (χ4n) is 2.68. The molecule has 3 nitrogen and oxygen atoms in total. The van der Waals surface area contributed by atoms with Crippen molar-refractivity contribution in [1.82, 2.24) is 9.55 Å². The van der Waals surface area contributed by atoms with Gasteiger partial charge < -0.3 is 10.3 Å². The zero-order chi connectivity index (χ0) is 10.7. The quantitative estimate of drug-likeness (QED) is 0.825. The second kappa shape index (κ2) is 4.79. The first-order chi connectivity index (χ1) is 7.33. The summed E-state index contributed by atoms with van der Waals surface area (Å²) in [5.74, 6) is 0.782. The molecule has 1 aliphatic rings. The van der Waals surface area contributed by atoms with E-state index in [9.17, 15) is 0 Å². The van der Waals surface area contributed by atoms with E-state index in [1.807, 2.05) is 12.5 Å². The van der Waals surface area contributed by atoms with E-state index in [1.165, 1.54) is 31.4 Å². The van der Waals surface area contributed by atoms with Crippen LogP contribution >= 0.6 is 0 Å². The van der Waals surface area contributed by atoms with Crippen molar-refractivity contribution in [2.24, 2.45) is 11.7 Å². The Bertz CT molecular complexity index is 306. The number of nitrogens with zero attached hydrogens (tertiary/aromatic N) is 2. The molecule has 2 atom stereocenters. The van der Waals surface area contributed by atoms with Gasteiger partial charge in [-0.3, -0.25) is 0 Å². The Kier molecular flexibility index (Phi) is 3.41. The summed E-state index contributed by atoms with van der Waals surface area (Å²) in [5, 5.41) is 0. The van der Waals surface area contributed by atoms with Gasteiger partial charge in [0.15, 0.2) is 0 Å². The largest absolute Gasteiger partial charge is 0.331 e. The molecule has 84 valence electrons. The summed E-state index contributed by atoms with van der Waals surface area (Å²) in [7, 11) is 0. The Labute approximate surface area is 91.7 Å². The van der Waals surface area contributed by atoms with Gasteiger partial charge >= 0.3 is 0 Å². The maximum atomic E-state index is 5.61. The molecule has 0 radical (unpaired) electrons. The molecule has 1 heterocycles. The van der Waals surface area contributed by atoms with Crippen LogP contribution < -0.4 is 5.73 Å². The van der Waals surface area contributed by atoms with Crippen LogP contribution in [0.15, 0.2) is 12.5 Å². The first-order valence-electron chi connectivity index (χ1n) is 6.03. The van der Waals surface area contributed by atoms with Crippen LogP contribution in [-0.4, -0.2) is 16.1 Å². The predicted molar refractivity (Wildman–Crippen MR) is 61.7 cm³/mol. The predicted octanol–water partition coefficient (Wildman–Crippen LogP) is 2.14. The number of hydrogen-bond acceptors (Lipinski definition) is 2. The summed E-state index contributed by atoms with van der Waals surface area (Å²) in [6.45, 7) is 3.07. The standard InChI is InChI=1S/C12H21N3/c1-10-4-2-3-5-12(10)15-9-14-8-11(15)6-7-13/h8-10,12H,2-7,13H2,1H3. The molecule has 2 rings (SSSR count). The summed E-state index contributed by atoms with van der Waals surface area (Å²) >= 11 is 0. The molecular formula is C12H21N3. The van der Waals surface area contributed by atoms with Gasteiger partial charge in [-0.2, -0.15) is 0 Å². The van der Waals surface area contributed by atoms with Crippen molar-refractivity contribution in [3.8, 4) is 0 Å². The van der Waals surface area contributed by atoms with E-state index in [0.29, 0.717) is 12.6 Å². The maximum Gasteiger partial charge on any atom is 0.0950 e. The van der Waals surface area contributed by atoms with Gasteiger partial charge in [0.2, 0.25) is 0 Å². The number of rotatable bonds is 3. The third-order valence-electron chi connectivity index (χ3n) is 3.57. The fraction of sp³-hybridized carbons (Fsp3) is 0.750. The molecule has 2 N–H and O–H groups in total. The Balaban J connectivity index is 2.15. The lowest BCUT2D eigenvalue weighted by Gasteiger charge is -2.31. The molecule has 0 spiro atoms. The summed E-state index contributed by atoms with van der Waals surface area (Å²) in [6.07, 6.45) is 10.3. The lowest BCUT2D eigenvalue weighted by molar-refractivity contribution is 0.253. The molecule has 1 aliphatic carbocycles. The minimum atomic E-state index is 0.655. The van der Waals surface area contributed by atoms with E-state index in [1.54, 1.807) is 0 Å². The van der Waals surface area contributed by atoms with Gasteiger partial charge in [0.05, 0.1) is 6.33 Å². The normalized spacial score (nSPS) is 26.8. The highest BCUT2D eigenvalue weighted by molar-refractivity contribution is 5.02. The van der Waals surface area contributed by atoms with E-state index in [0.717, 1.165) is 12.3 Å². The van der Waals surface area contributed by atoms with E-state index in [2.05, 4.69) is 16.5 Å². The van der Waals surface area contributed by atoms with Crippen LogP contribution in [0.4, 0.5) is 0 Å². The summed E-state index contributed by atoms with van der Waals surface area (Å²) in [4.78, 5) is 4.26. The van der Waals surface area contributed by atoms with Gasteiger partial charge in [-0.15, -0.1) is 0 Å². The Hall–Kier alpha value is -0.830. The monoisotopic (exact) mass is 207 g/mol. The molecular weight excluding hydrogens is 186 g/mol. The van der Waals surface area contributed by atoms with E-state index < -0.39 is 0 Å². The van der Waals surface area contributed by atoms with Gasteiger partial charge in [-0.1, -0.05) is 19.8 Å². The Morgan fingerprint density at radius 1 is 1.47 bits per heavy atom. The Morgan fingerprint density at radius 3 is 3.00 bits per heavy atom. The number of nitrogens with two attached hydrogens (primary N) is 1. The minimum Gasteiger partial charge on any atom is -0.331 e. The molecule has 1 saturated carbocycles. The van der Waals surface area contributed by atoms with E-state index in [4.69, 9.17) is 5.73 Å². The molecule has 2 unspecified atom stereocenters. The molecule has 1 fully saturated rings. The van der Waals surface area contributed by atoms with Crippen molar-refractivity contribution in [3.63, 3.8) is 0 Å². The number of aromatic nitrogens is 2. The highest BCUT2D eigenvalue weighted by Crippen LogP contribution is 2.34. The molecule has 1 aromatic heterocycles. The van der Waals surface area contributed by atoms with Crippen LogP contribution in [0.3, 0.4) is 0 Å². The lowest BCUT2D eigenvalue weighted by atomic mass is 9.85. The highest BCUT2D eigenvalue weighted by Gasteiger charge is 2.23. The first-order valence-corrected chi connectivity index (χ1v) is 6.03. The van der Waals surface area contributed by atoms with Crippen LogP contribution in [0.25, 0.3) is 0 Å². The third kappa shape index (κ3) is 2.23. The topological polar surface area (TPSA) is 43.8 Å². The molecule has 15 heavy (non-hydrogen) atoms. The SMILES string of the molecule is CC1CCCCC1n1cncc1CCN. The number of hydrogen-bond donors (Lipinski definition) is 1. The van der Waals surface area contributed by atoms with Crippen molar-refractivity contribution in [2.75, 3.05) is 6.54 Å². The van der Waals surface area contributed by atoms with Gasteiger partial charge in [0.25, 0.3) is 0 Å². The highest BCUT2D eigenvalue weighted by atomic mass is 15.1. The van der Waals surface area contributed by atoms with Crippen molar-refractivity contribution in [2.45, 2.75) is 45.1 Å². The maximum absolute atomic E-state index is 5.61. The summed E-state index contributed by atoms with van der Waals surface area (Å²) in [6, 6.07) is 0.655. The average molecular weight is 207 g/mol. The van der Waals surface area contributed by atoms with E-state index in [-0.39, 0.29) is 0 Å². The molecule has 0 aliphatic heterocycles. The van der Waals surface area contributed by atoms with Crippen LogP contribution in [0.2, 0.25) is 0 Å². The van der Waals surface area contributed by atoms with Crippen molar-refractivity contribution < 1.29 is 0 Å². The molecule has 3 heteroatoms. The minimum absolute atomic E-state index is 0.655. The van der Waals surface area contributed by atoms with Gasteiger partial charge in [0, 0.05) is 24.4 Å². The smallest absolute Gasteiger partial charge is 0.0950 e. The van der Waals surface area contributed by atoms with Gasteiger partial charge in [-0.05, 0) is 25.3 Å². The lowest BCUT2D eigenvalue weighted by Crippen LogP contribution is -2.22. The molecule has 0 saturated heterocycles. The zero-order valence-corrected chi connectivity index (χ0v) is 9.52. The van der Waals surface area contributed by atoms with Crippen molar-refractivity contribution in [1.29, 1.82) is 0 Å². The van der Waals surface area contributed by atoms with Crippen molar-refractivity contribution >= 4 is 0 Å². The zero-order valence-electron chi connectivity index (χ0n) is 9.52. The summed E-state index contributed by atoms with van der Waals surface area (Å²) in [5.41, 5.74) is 6.91. The van der Waals surface area contributed by atoms with Crippen LogP contribution in [0.5, 0.6) is 0 Å². The first kappa shape index (κ1) is 10.7. The molecule has 0 bridgehead atoms. The van der Waals surface area contributed by atoms with Crippen molar-refractivity contribution in [3.05, 3.63) is 18.2 Å². The van der Waals surface area contributed by atoms with Gasteiger partial charge in [0.1, 0.15) is 0 Å². The van der Waals surface area contributed by atoms with E-state index >= 15 is 0 Å². The van der Waals surface area contributed by atoms with Crippen LogP contribution in [0, 0.1) is 5.92 Å². The third-order valence-corrected chi connectivity index (χ3v) is 3.57. The average Bonchev–Trinajstić information content (AvgIpc) is 2.67. The van der Waals surface area contributed by atoms with Gasteiger partial charge in [-0.25, -0.2) is 4.98 Å². The molecule has 1 aromatic rings. The molecule has 0 aromatic carbocycles. The van der Waals surface area contributed by atoms with Crippen LogP contribution in [0.1, 0.15) is 44.3 Å². The Morgan fingerprint density at radius 2 is 2.27 bits per heavy atom.